The third-order valence-corrected chi connectivity index (χ3v) is 4.85. The average molecular weight is 430 g/mol. The number of hydrogen-bond donors (Lipinski definition) is 2. The van der Waals surface area contributed by atoms with Crippen LogP contribution in [0, 0.1) is 5.41 Å². The zero-order valence-electron chi connectivity index (χ0n) is 16.8. The van der Waals surface area contributed by atoms with Gasteiger partial charge in [-0.3, -0.25) is 4.79 Å². The van der Waals surface area contributed by atoms with Crippen LogP contribution in [0.15, 0.2) is 30.3 Å². The van der Waals surface area contributed by atoms with Crippen molar-refractivity contribution in [3.8, 4) is 0 Å². The molecule has 166 valence electrons. The van der Waals surface area contributed by atoms with E-state index in [0.29, 0.717) is 6.54 Å². The molecule has 30 heavy (non-hydrogen) atoms. The number of nitrogens with zero attached hydrogens (tertiary/aromatic N) is 3. The number of nitrogens with one attached hydrogen (secondary N) is 1. The first-order chi connectivity index (χ1) is 13.9. The highest BCUT2D eigenvalue weighted by Crippen LogP contribution is 2.39. The summed E-state index contributed by atoms with van der Waals surface area (Å²) >= 11 is 0. The molecule has 3 rings (SSSR count). The van der Waals surface area contributed by atoms with Gasteiger partial charge in [-0.25, -0.2) is 9.59 Å². The Balaban J connectivity index is 0.000000396. The van der Waals surface area contributed by atoms with Crippen molar-refractivity contribution in [1.82, 2.24) is 14.7 Å². The molecule has 11 heteroatoms. The number of carbonyl (C=O) groups is 3. The smallest absolute Gasteiger partial charge is 0.475 e. The summed E-state index contributed by atoms with van der Waals surface area (Å²) in [6.07, 6.45) is -4.11. The molecule has 2 fully saturated rings. The third kappa shape index (κ3) is 6.34. The van der Waals surface area contributed by atoms with Gasteiger partial charge in [-0.1, -0.05) is 18.2 Å². The number of benzene rings is 1. The van der Waals surface area contributed by atoms with Crippen LogP contribution in [-0.2, 0) is 9.59 Å². The number of carbonyl (C=O) groups excluding carboxylic acids is 2. The van der Waals surface area contributed by atoms with Crippen molar-refractivity contribution in [1.29, 1.82) is 0 Å². The Labute approximate surface area is 172 Å². The number of aliphatic carboxylic acids is 1. The molecular weight excluding hydrogens is 405 g/mol. The predicted octanol–water partition coefficient (Wildman–Crippen LogP) is 1.95. The Morgan fingerprint density at radius 2 is 1.63 bits per heavy atom. The van der Waals surface area contributed by atoms with E-state index in [0.717, 1.165) is 38.3 Å². The van der Waals surface area contributed by atoms with E-state index < -0.39 is 12.1 Å². The fraction of sp³-hybridized carbons (Fsp3) is 0.526. The van der Waals surface area contributed by atoms with Crippen LogP contribution < -0.4 is 5.32 Å². The summed E-state index contributed by atoms with van der Waals surface area (Å²) in [6.45, 7) is 3.49. The van der Waals surface area contributed by atoms with Crippen LogP contribution >= 0.6 is 0 Å². The molecule has 2 aliphatic rings. The van der Waals surface area contributed by atoms with Crippen LogP contribution in [0.25, 0.3) is 0 Å². The lowest BCUT2D eigenvalue weighted by atomic mass is 9.79. The average Bonchev–Trinajstić information content (AvgIpc) is 3.06. The first kappa shape index (κ1) is 23.5. The number of alkyl halides is 3. The van der Waals surface area contributed by atoms with Gasteiger partial charge in [0.1, 0.15) is 0 Å². The minimum Gasteiger partial charge on any atom is -0.475 e. The molecule has 0 aromatic heterocycles. The van der Waals surface area contributed by atoms with Gasteiger partial charge in [0.05, 0.1) is 6.54 Å². The fourth-order valence-electron chi connectivity index (χ4n) is 3.40. The molecule has 0 unspecified atom stereocenters. The van der Waals surface area contributed by atoms with Gasteiger partial charge in [0.25, 0.3) is 0 Å². The Bertz CT molecular complexity index is 765. The second-order valence-corrected chi connectivity index (χ2v) is 7.76. The van der Waals surface area contributed by atoms with Gasteiger partial charge >= 0.3 is 18.2 Å². The van der Waals surface area contributed by atoms with Crippen LogP contribution in [0.3, 0.4) is 0 Å². The summed E-state index contributed by atoms with van der Waals surface area (Å²) < 4.78 is 31.7. The molecule has 1 spiro atoms. The lowest BCUT2D eigenvalue weighted by Gasteiger charge is -2.48. The van der Waals surface area contributed by atoms with Crippen molar-refractivity contribution in [3.63, 3.8) is 0 Å². The minimum atomic E-state index is -5.08. The number of likely N-dealkylation sites (tertiary alicyclic amines) is 2. The molecule has 2 heterocycles. The summed E-state index contributed by atoms with van der Waals surface area (Å²) in [5.74, 6) is -2.58. The van der Waals surface area contributed by atoms with E-state index in [-0.39, 0.29) is 17.4 Å². The zero-order chi connectivity index (χ0) is 22.5. The molecule has 2 N–H and O–H groups in total. The molecule has 0 radical (unpaired) electrons. The Morgan fingerprint density at radius 3 is 2.13 bits per heavy atom. The number of para-hydroxylation sites is 1. The number of carboxylic acids is 1. The van der Waals surface area contributed by atoms with Crippen LogP contribution in [0.4, 0.5) is 23.7 Å². The number of hydrogen-bond acceptors (Lipinski definition) is 4. The van der Waals surface area contributed by atoms with E-state index in [1.165, 1.54) is 0 Å². The number of amides is 3. The molecule has 1 aromatic rings. The highest BCUT2D eigenvalue weighted by Gasteiger charge is 2.50. The topological polar surface area (TPSA) is 93.2 Å². The van der Waals surface area contributed by atoms with E-state index in [9.17, 15) is 22.8 Å². The molecule has 0 aliphatic carbocycles. The quantitative estimate of drug-likeness (QED) is 0.765. The van der Waals surface area contributed by atoms with Crippen molar-refractivity contribution in [2.75, 3.05) is 52.1 Å². The van der Waals surface area contributed by atoms with Gasteiger partial charge in [0, 0.05) is 37.3 Å². The highest BCUT2D eigenvalue weighted by atomic mass is 19.4. The monoisotopic (exact) mass is 430 g/mol. The second kappa shape index (κ2) is 9.33. The SMILES string of the molecule is CN(C)CC(=O)N1CC2(CCN(C(=O)Nc3ccccc3)C2)C1.O=C(O)C(F)(F)F. The van der Waals surface area contributed by atoms with Crippen LogP contribution in [0.1, 0.15) is 6.42 Å². The van der Waals surface area contributed by atoms with Gasteiger partial charge in [-0.05, 0) is 32.6 Å². The fourth-order valence-corrected chi connectivity index (χ4v) is 3.40. The minimum absolute atomic E-state index is 0.0499. The van der Waals surface area contributed by atoms with Crippen LogP contribution in [0.5, 0.6) is 0 Å². The van der Waals surface area contributed by atoms with Gasteiger partial charge in [0.15, 0.2) is 0 Å². The van der Waals surface area contributed by atoms with Crippen LogP contribution in [-0.4, -0.2) is 90.7 Å². The largest absolute Gasteiger partial charge is 0.490 e. The predicted molar refractivity (Wildman–Crippen MR) is 103 cm³/mol. The van der Waals surface area contributed by atoms with Gasteiger partial charge < -0.3 is 25.1 Å². The Morgan fingerprint density at radius 1 is 1.10 bits per heavy atom. The Hall–Kier alpha value is -2.82. The molecule has 0 bridgehead atoms. The Kier molecular flexibility index (Phi) is 7.30. The summed E-state index contributed by atoms with van der Waals surface area (Å²) in [4.78, 5) is 38.9. The molecule has 3 amide bonds. The maximum Gasteiger partial charge on any atom is 0.490 e. The van der Waals surface area contributed by atoms with Gasteiger partial charge in [0.2, 0.25) is 5.91 Å². The molecular formula is C19H25F3N4O4. The molecule has 0 saturated carbocycles. The third-order valence-electron chi connectivity index (χ3n) is 4.85. The summed E-state index contributed by atoms with van der Waals surface area (Å²) in [6, 6.07) is 9.45. The maximum absolute atomic E-state index is 12.3. The summed E-state index contributed by atoms with van der Waals surface area (Å²) in [5.41, 5.74) is 0.922. The zero-order valence-corrected chi connectivity index (χ0v) is 16.8. The van der Waals surface area contributed by atoms with Crippen molar-refractivity contribution in [3.05, 3.63) is 30.3 Å². The normalized spacial score (nSPS) is 17.3. The number of halogens is 3. The lowest BCUT2D eigenvalue weighted by Crippen LogP contribution is -2.61. The van der Waals surface area contributed by atoms with E-state index in [1.807, 2.05) is 59.1 Å². The number of urea groups is 1. The molecule has 2 aliphatic heterocycles. The second-order valence-electron chi connectivity index (χ2n) is 7.76. The number of anilines is 1. The number of rotatable bonds is 3. The van der Waals surface area contributed by atoms with Crippen molar-refractivity contribution in [2.24, 2.45) is 5.41 Å². The molecule has 0 atom stereocenters. The first-order valence-electron chi connectivity index (χ1n) is 9.25. The van der Waals surface area contributed by atoms with E-state index in [2.05, 4.69) is 5.32 Å². The van der Waals surface area contributed by atoms with Crippen molar-refractivity contribution >= 4 is 23.6 Å². The highest BCUT2D eigenvalue weighted by molar-refractivity contribution is 5.89. The first-order valence-corrected chi connectivity index (χ1v) is 9.25. The lowest BCUT2D eigenvalue weighted by molar-refractivity contribution is -0.192. The molecule has 2 saturated heterocycles. The number of carboxylic acid groups (broad SMARTS) is 1. The van der Waals surface area contributed by atoms with Crippen LogP contribution in [0.2, 0.25) is 0 Å². The van der Waals surface area contributed by atoms with Crippen molar-refractivity contribution < 1.29 is 32.7 Å². The standard InChI is InChI=1S/C17H24N4O2.C2HF3O2/c1-19(2)10-15(22)21-12-17(13-21)8-9-20(11-17)16(23)18-14-6-4-3-5-7-14;3-2(4,5)1(6)7/h3-7H,8-13H2,1-2H3,(H,18,23);(H,6,7). The van der Waals surface area contributed by atoms with Crippen molar-refractivity contribution in [2.45, 2.75) is 12.6 Å². The number of likely N-dealkylation sites (N-methyl/N-ethyl adjacent to an activating group) is 1. The maximum atomic E-state index is 12.3. The summed E-state index contributed by atoms with van der Waals surface area (Å²) in [5, 5.41) is 10.1. The van der Waals surface area contributed by atoms with Gasteiger partial charge in [-0.15, -0.1) is 0 Å². The summed E-state index contributed by atoms with van der Waals surface area (Å²) in [7, 11) is 3.80. The van der Waals surface area contributed by atoms with E-state index >= 15 is 0 Å². The molecule has 1 aromatic carbocycles. The van der Waals surface area contributed by atoms with E-state index in [1.54, 1.807) is 0 Å². The van der Waals surface area contributed by atoms with E-state index in [4.69, 9.17) is 9.90 Å². The van der Waals surface area contributed by atoms with Gasteiger partial charge in [-0.2, -0.15) is 13.2 Å². The molecule has 8 nitrogen and oxygen atoms in total.